The van der Waals surface area contributed by atoms with E-state index in [4.69, 9.17) is 17.2 Å². The summed E-state index contributed by atoms with van der Waals surface area (Å²) in [5.41, 5.74) is 22.3. The zero-order chi connectivity index (χ0) is 28.9. The maximum Gasteiger partial charge on any atom is 0.262 e. The second-order valence-corrected chi connectivity index (χ2v) is 12.7. The van der Waals surface area contributed by atoms with Crippen LogP contribution in [-0.4, -0.2) is 41.6 Å². The number of Topliss-reactive ketones (excluding diaryl/α,β-unsaturated/α-hetero) is 1. The van der Waals surface area contributed by atoms with Crippen molar-refractivity contribution in [2.24, 2.45) is 11.5 Å². The number of carbonyl (C=O) groups excluding carboxylic acids is 3. The van der Waals surface area contributed by atoms with Crippen molar-refractivity contribution in [1.29, 1.82) is 0 Å². The van der Waals surface area contributed by atoms with Crippen molar-refractivity contribution >= 4 is 44.7 Å². The van der Waals surface area contributed by atoms with Gasteiger partial charge in [-0.3, -0.25) is 14.4 Å². The Bertz CT molecular complexity index is 1560. The Morgan fingerprint density at radius 3 is 2.63 bits per heavy atom. The van der Waals surface area contributed by atoms with Gasteiger partial charge in [0.1, 0.15) is 5.54 Å². The molecule has 2 aliphatic carbocycles. The average molecular weight is 572 g/mol. The lowest BCUT2D eigenvalue weighted by atomic mass is 9.70. The van der Waals surface area contributed by atoms with Crippen LogP contribution in [0.5, 0.6) is 0 Å². The van der Waals surface area contributed by atoms with E-state index in [1.807, 2.05) is 18.2 Å². The third-order valence-electron chi connectivity index (χ3n) is 9.18. The van der Waals surface area contributed by atoms with Gasteiger partial charge in [0.2, 0.25) is 5.91 Å². The largest absolute Gasteiger partial charge is 0.398 e. The smallest absolute Gasteiger partial charge is 0.262 e. The number of likely N-dealkylation sites (tertiary alicyclic amines) is 1. The molecule has 9 heteroatoms. The molecule has 41 heavy (non-hydrogen) atoms. The Morgan fingerprint density at radius 1 is 1.10 bits per heavy atom. The highest BCUT2D eigenvalue weighted by atomic mass is 32.1. The first-order chi connectivity index (χ1) is 19.7. The molecule has 3 unspecified atom stereocenters. The van der Waals surface area contributed by atoms with Crippen molar-refractivity contribution in [2.45, 2.75) is 68.5 Å². The van der Waals surface area contributed by atoms with Crippen LogP contribution in [0.4, 0.5) is 5.69 Å². The van der Waals surface area contributed by atoms with Gasteiger partial charge in [-0.15, -0.1) is 11.3 Å². The Hall–Kier alpha value is -3.53. The number of piperidine rings is 1. The van der Waals surface area contributed by atoms with Crippen LogP contribution in [0.2, 0.25) is 0 Å². The van der Waals surface area contributed by atoms with Gasteiger partial charge in [0, 0.05) is 35.8 Å². The van der Waals surface area contributed by atoms with E-state index in [-0.39, 0.29) is 23.6 Å². The molecule has 1 aromatic heterocycles. The van der Waals surface area contributed by atoms with Gasteiger partial charge in [-0.25, -0.2) is 0 Å². The van der Waals surface area contributed by atoms with Crippen molar-refractivity contribution in [3.63, 3.8) is 0 Å². The normalized spacial score (nSPS) is 24.8. The number of thiophene rings is 1. The number of hydrogen-bond acceptors (Lipinski definition) is 7. The Labute approximate surface area is 243 Å². The van der Waals surface area contributed by atoms with E-state index in [1.165, 1.54) is 42.2 Å². The second-order valence-electron chi connectivity index (χ2n) is 11.7. The number of rotatable bonds is 5. The predicted octanol–water partition coefficient (Wildman–Crippen LogP) is 4.22. The number of anilines is 1. The molecule has 2 fully saturated rings. The van der Waals surface area contributed by atoms with Crippen LogP contribution in [0.1, 0.15) is 88.8 Å². The Kier molecular flexibility index (Phi) is 7.21. The van der Waals surface area contributed by atoms with E-state index in [0.717, 1.165) is 25.7 Å². The summed E-state index contributed by atoms with van der Waals surface area (Å²) in [5.74, 6) is -0.366. The molecule has 0 spiro atoms. The first kappa shape index (κ1) is 27.6. The van der Waals surface area contributed by atoms with E-state index in [0.29, 0.717) is 56.3 Å². The fourth-order valence-electron chi connectivity index (χ4n) is 7.00. The quantitative estimate of drug-likeness (QED) is 0.267. The minimum absolute atomic E-state index is 0.155. The summed E-state index contributed by atoms with van der Waals surface area (Å²) >= 11 is 1.24. The molecule has 3 aliphatic rings. The zero-order valence-electron chi connectivity index (χ0n) is 23.2. The number of ketones is 1. The number of nitrogens with two attached hydrogens (primary N) is 3. The van der Waals surface area contributed by atoms with Crippen molar-refractivity contribution in [3.8, 4) is 0 Å². The summed E-state index contributed by atoms with van der Waals surface area (Å²) in [6.45, 7) is 4.60. The van der Waals surface area contributed by atoms with Gasteiger partial charge < -0.3 is 27.4 Å². The van der Waals surface area contributed by atoms with E-state index in [9.17, 15) is 14.4 Å². The standard InChI is InChI=1S/C32H37N5O3S/c1-2-24(38)37-15-7-12-21(17-37)36-31(40)29-26-25-22(13-14-23(33)28(25)41-29)32(35,30(39)27(26)34)20-11-6-10-19(16-20)18-8-4-3-5-9-18/h2,6,10-11,13-14,16,18,21,27H,1,3-5,7-9,12,15,17,33-35H2,(H,36,40). The molecule has 8 nitrogen and oxygen atoms in total. The molecule has 2 heterocycles. The molecule has 1 aliphatic heterocycles. The van der Waals surface area contributed by atoms with Gasteiger partial charge >= 0.3 is 0 Å². The van der Waals surface area contributed by atoms with Crippen LogP contribution in [0.15, 0.2) is 49.1 Å². The monoisotopic (exact) mass is 571 g/mol. The van der Waals surface area contributed by atoms with Crippen molar-refractivity contribution < 1.29 is 14.4 Å². The molecule has 7 N–H and O–H groups in total. The van der Waals surface area contributed by atoms with E-state index >= 15 is 0 Å². The summed E-state index contributed by atoms with van der Waals surface area (Å²) in [6.07, 6.45) is 8.75. The molecule has 1 saturated carbocycles. The van der Waals surface area contributed by atoms with Crippen molar-refractivity contribution in [1.82, 2.24) is 10.2 Å². The van der Waals surface area contributed by atoms with Gasteiger partial charge in [-0.05, 0) is 60.4 Å². The van der Waals surface area contributed by atoms with Crippen LogP contribution >= 0.6 is 11.3 Å². The number of carbonyl (C=O) groups is 3. The van der Waals surface area contributed by atoms with Gasteiger partial charge in [0.25, 0.3) is 5.91 Å². The average Bonchev–Trinajstić information content (AvgIpc) is 3.42. The van der Waals surface area contributed by atoms with Crippen LogP contribution in [0, 0.1) is 0 Å². The summed E-state index contributed by atoms with van der Waals surface area (Å²) in [4.78, 5) is 42.1. The molecule has 0 bridgehead atoms. The lowest BCUT2D eigenvalue weighted by Crippen LogP contribution is -2.53. The van der Waals surface area contributed by atoms with Crippen LogP contribution < -0.4 is 22.5 Å². The number of nitrogens with zero attached hydrogens (tertiary/aromatic N) is 1. The zero-order valence-corrected chi connectivity index (χ0v) is 24.0. The second kappa shape index (κ2) is 10.7. The molecule has 0 radical (unpaired) electrons. The lowest BCUT2D eigenvalue weighted by Gasteiger charge is -2.37. The maximum absolute atomic E-state index is 14.2. The van der Waals surface area contributed by atoms with E-state index in [2.05, 4.69) is 24.0 Å². The van der Waals surface area contributed by atoms with Crippen molar-refractivity contribution in [3.05, 3.63) is 76.2 Å². The first-order valence-corrected chi connectivity index (χ1v) is 15.3. The number of nitrogen functional groups attached to an aromatic ring is 1. The molecular weight excluding hydrogens is 534 g/mol. The highest BCUT2D eigenvalue weighted by Gasteiger charge is 2.49. The molecule has 1 saturated heterocycles. The Morgan fingerprint density at radius 2 is 1.88 bits per heavy atom. The van der Waals surface area contributed by atoms with E-state index in [1.54, 1.807) is 11.0 Å². The van der Waals surface area contributed by atoms with Crippen molar-refractivity contribution in [2.75, 3.05) is 18.8 Å². The molecular formula is C32H37N5O3S. The topological polar surface area (TPSA) is 145 Å². The van der Waals surface area contributed by atoms with E-state index < -0.39 is 11.6 Å². The number of hydrogen-bond donors (Lipinski definition) is 4. The number of nitrogens with one attached hydrogen (secondary N) is 1. The molecule has 2 aromatic carbocycles. The number of amides is 2. The third-order valence-corrected chi connectivity index (χ3v) is 10.4. The molecule has 6 rings (SSSR count). The molecule has 214 valence electrons. The van der Waals surface area contributed by atoms with Gasteiger partial charge in [-0.2, -0.15) is 0 Å². The molecule has 2 amide bonds. The summed E-state index contributed by atoms with van der Waals surface area (Å²) in [7, 11) is 0. The van der Waals surface area contributed by atoms with Gasteiger partial charge in [0.15, 0.2) is 5.78 Å². The third kappa shape index (κ3) is 4.56. The molecule has 3 atom stereocenters. The minimum Gasteiger partial charge on any atom is -0.398 e. The maximum atomic E-state index is 14.2. The highest BCUT2D eigenvalue weighted by molar-refractivity contribution is 7.21. The number of benzene rings is 2. The van der Waals surface area contributed by atoms with Gasteiger partial charge in [0.05, 0.1) is 15.6 Å². The van der Waals surface area contributed by atoms with Crippen LogP contribution in [0.3, 0.4) is 0 Å². The molecule has 3 aromatic rings. The van der Waals surface area contributed by atoms with Crippen LogP contribution in [0.25, 0.3) is 10.1 Å². The predicted molar refractivity (Wildman–Crippen MR) is 163 cm³/mol. The van der Waals surface area contributed by atoms with Crippen LogP contribution in [-0.2, 0) is 15.1 Å². The lowest BCUT2D eigenvalue weighted by molar-refractivity contribution is -0.127. The van der Waals surface area contributed by atoms with Gasteiger partial charge in [-0.1, -0.05) is 56.2 Å². The summed E-state index contributed by atoms with van der Waals surface area (Å²) in [5, 5.41) is 3.78. The fraction of sp³-hybridized carbons (Fsp3) is 0.406. The Balaban J connectivity index is 1.40. The minimum atomic E-state index is -1.47. The summed E-state index contributed by atoms with van der Waals surface area (Å²) in [6, 6.07) is 10.4. The fourth-order valence-corrected chi connectivity index (χ4v) is 8.20. The first-order valence-electron chi connectivity index (χ1n) is 14.5. The SMILES string of the molecule is C=CC(=O)N1CCCC(NC(=O)c2sc3c(N)ccc4c3c2C(N)C(=O)C4(N)c2cccc(C3CCCCC3)c2)C1. The highest BCUT2D eigenvalue weighted by Crippen LogP contribution is 2.49. The summed E-state index contributed by atoms with van der Waals surface area (Å²) < 4.78 is 0.705.